The zero-order valence-electron chi connectivity index (χ0n) is 12.8. The number of carbonyl (C=O) groups is 3. The van der Waals surface area contributed by atoms with E-state index in [9.17, 15) is 14.4 Å². The summed E-state index contributed by atoms with van der Waals surface area (Å²) in [4.78, 5) is 37.2. The molecule has 0 bridgehead atoms. The van der Waals surface area contributed by atoms with E-state index in [0.29, 0.717) is 0 Å². The maximum Gasteiger partial charge on any atom is 0.410 e. The Hall–Kier alpha value is -1.59. The summed E-state index contributed by atoms with van der Waals surface area (Å²) in [5.41, 5.74) is -0.610. The van der Waals surface area contributed by atoms with Crippen molar-refractivity contribution < 1.29 is 23.9 Å². The van der Waals surface area contributed by atoms with E-state index < -0.39 is 29.5 Å². The van der Waals surface area contributed by atoms with Crippen LogP contribution in [0.4, 0.5) is 4.79 Å². The highest BCUT2D eigenvalue weighted by Crippen LogP contribution is 2.21. The van der Waals surface area contributed by atoms with Gasteiger partial charge in [-0.05, 0) is 27.7 Å². The average Bonchev–Trinajstić information content (AvgIpc) is 2.30. The molecule has 2 unspecified atom stereocenters. The fraction of sp³-hybridized carbons (Fsp3) is 0.786. The Morgan fingerprint density at radius 3 is 2.40 bits per heavy atom. The van der Waals surface area contributed by atoms with Crippen LogP contribution in [0.2, 0.25) is 0 Å². The number of hydrogen-bond acceptors (Lipinski definition) is 5. The van der Waals surface area contributed by atoms with Gasteiger partial charge in [0.2, 0.25) is 0 Å². The third-order valence-corrected chi connectivity index (χ3v) is 2.95. The smallest absolute Gasteiger partial charge is 0.410 e. The number of nitrogens with zero attached hydrogens (tertiary/aromatic N) is 1. The summed E-state index contributed by atoms with van der Waals surface area (Å²) >= 11 is 0. The quantitative estimate of drug-likeness (QED) is 0.569. The van der Waals surface area contributed by atoms with Gasteiger partial charge in [0, 0.05) is 19.0 Å². The van der Waals surface area contributed by atoms with Gasteiger partial charge in [0.1, 0.15) is 11.5 Å². The van der Waals surface area contributed by atoms with Crippen molar-refractivity contribution in [2.75, 3.05) is 19.7 Å². The molecule has 1 fully saturated rings. The first kappa shape index (κ1) is 16.5. The van der Waals surface area contributed by atoms with Crippen LogP contribution < -0.4 is 0 Å². The van der Waals surface area contributed by atoms with Crippen molar-refractivity contribution >= 4 is 17.8 Å². The number of rotatable bonds is 2. The van der Waals surface area contributed by atoms with E-state index in [1.165, 1.54) is 4.90 Å². The zero-order valence-corrected chi connectivity index (χ0v) is 12.8. The standard InChI is InChI=1S/C14H23NO5/c1-6-19-12(17)10-8-15(7-9(2)11(10)16)13(18)20-14(3,4)5/h9-10H,6-8H2,1-5H3. The van der Waals surface area contributed by atoms with E-state index in [-0.39, 0.29) is 25.5 Å². The maximum atomic E-state index is 12.0. The predicted molar refractivity (Wildman–Crippen MR) is 72.1 cm³/mol. The summed E-state index contributed by atoms with van der Waals surface area (Å²) in [5.74, 6) is -2.06. The number of hydrogen-bond donors (Lipinski definition) is 0. The highest BCUT2D eigenvalue weighted by Gasteiger charge is 2.40. The van der Waals surface area contributed by atoms with Gasteiger partial charge in [-0.25, -0.2) is 4.79 Å². The summed E-state index contributed by atoms with van der Waals surface area (Å²) in [6.07, 6.45) is -0.508. The van der Waals surface area contributed by atoms with Crippen LogP contribution in [-0.4, -0.2) is 48.0 Å². The van der Waals surface area contributed by atoms with Crippen LogP contribution in [0.5, 0.6) is 0 Å². The number of carbonyl (C=O) groups excluding carboxylic acids is 3. The van der Waals surface area contributed by atoms with Gasteiger partial charge in [-0.15, -0.1) is 0 Å². The second kappa shape index (κ2) is 6.24. The number of piperidine rings is 1. The van der Waals surface area contributed by atoms with Gasteiger partial charge in [0.15, 0.2) is 5.78 Å². The fourth-order valence-corrected chi connectivity index (χ4v) is 2.06. The van der Waals surface area contributed by atoms with Gasteiger partial charge in [-0.2, -0.15) is 0 Å². The molecule has 1 saturated heterocycles. The molecule has 2 atom stereocenters. The topological polar surface area (TPSA) is 72.9 Å². The molecule has 0 spiro atoms. The summed E-state index contributed by atoms with van der Waals surface area (Å²) < 4.78 is 10.2. The third-order valence-electron chi connectivity index (χ3n) is 2.95. The van der Waals surface area contributed by atoms with Crippen LogP contribution in [0.1, 0.15) is 34.6 Å². The number of Topliss-reactive ketones (excluding diaryl/α,β-unsaturated/α-hetero) is 1. The Bertz CT molecular complexity index is 399. The van der Waals surface area contributed by atoms with Crippen molar-refractivity contribution in [2.45, 2.75) is 40.2 Å². The van der Waals surface area contributed by atoms with E-state index in [1.54, 1.807) is 34.6 Å². The van der Waals surface area contributed by atoms with Crippen LogP contribution in [-0.2, 0) is 19.1 Å². The van der Waals surface area contributed by atoms with E-state index in [2.05, 4.69) is 0 Å². The lowest BCUT2D eigenvalue weighted by Crippen LogP contribution is -2.52. The molecule has 0 aromatic carbocycles. The molecule has 20 heavy (non-hydrogen) atoms. The molecule has 0 N–H and O–H groups in total. The predicted octanol–water partition coefficient (Wildman–Crippen LogP) is 1.62. The first-order valence-corrected chi connectivity index (χ1v) is 6.84. The SMILES string of the molecule is CCOC(=O)C1CN(C(=O)OC(C)(C)C)CC(C)C1=O. The first-order chi connectivity index (χ1) is 9.15. The van der Waals surface area contributed by atoms with E-state index in [1.807, 2.05) is 0 Å². The molecule has 6 nitrogen and oxygen atoms in total. The molecule has 114 valence electrons. The highest BCUT2D eigenvalue weighted by atomic mass is 16.6. The molecule has 1 aliphatic heterocycles. The molecule has 1 aliphatic rings. The number of ketones is 1. The molecule has 0 aromatic heterocycles. The normalized spacial score (nSPS) is 23.4. The molecular weight excluding hydrogens is 262 g/mol. The first-order valence-electron chi connectivity index (χ1n) is 6.84. The minimum Gasteiger partial charge on any atom is -0.465 e. The molecule has 0 aromatic rings. The lowest BCUT2D eigenvalue weighted by Gasteiger charge is -2.35. The second-order valence-electron chi connectivity index (χ2n) is 5.99. The molecule has 0 aliphatic carbocycles. The minimum absolute atomic E-state index is 0.0247. The fourth-order valence-electron chi connectivity index (χ4n) is 2.06. The van der Waals surface area contributed by atoms with Crippen molar-refractivity contribution in [1.82, 2.24) is 4.90 Å². The summed E-state index contributed by atoms with van der Waals surface area (Å²) in [6.45, 7) is 9.19. The van der Waals surface area contributed by atoms with Crippen molar-refractivity contribution in [3.05, 3.63) is 0 Å². The molecule has 0 saturated carbocycles. The van der Waals surface area contributed by atoms with Crippen LogP contribution >= 0.6 is 0 Å². The second-order valence-corrected chi connectivity index (χ2v) is 5.99. The van der Waals surface area contributed by atoms with Gasteiger partial charge in [-0.1, -0.05) is 6.92 Å². The van der Waals surface area contributed by atoms with Crippen LogP contribution in [0.25, 0.3) is 0 Å². The number of esters is 1. The average molecular weight is 285 g/mol. The number of likely N-dealkylation sites (tertiary alicyclic amines) is 1. The van der Waals surface area contributed by atoms with Crippen LogP contribution in [0.15, 0.2) is 0 Å². The molecular formula is C14H23NO5. The minimum atomic E-state index is -0.911. The van der Waals surface area contributed by atoms with Crippen molar-refractivity contribution in [1.29, 1.82) is 0 Å². The summed E-state index contributed by atoms with van der Waals surface area (Å²) in [5, 5.41) is 0. The third kappa shape index (κ3) is 4.21. The largest absolute Gasteiger partial charge is 0.465 e. The Balaban J connectivity index is 2.78. The lowest BCUT2D eigenvalue weighted by atomic mass is 9.89. The molecule has 1 rings (SSSR count). The van der Waals surface area contributed by atoms with Crippen LogP contribution in [0, 0.1) is 11.8 Å². The Morgan fingerprint density at radius 1 is 1.30 bits per heavy atom. The van der Waals surface area contributed by atoms with Gasteiger partial charge in [-0.3, -0.25) is 9.59 Å². The molecule has 0 radical (unpaired) electrons. The lowest BCUT2D eigenvalue weighted by molar-refractivity contribution is -0.155. The van der Waals surface area contributed by atoms with Gasteiger partial charge in [0.25, 0.3) is 0 Å². The van der Waals surface area contributed by atoms with Gasteiger partial charge in [0.05, 0.1) is 6.61 Å². The monoisotopic (exact) mass is 285 g/mol. The molecule has 1 heterocycles. The molecule has 6 heteroatoms. The van der Waals surface area contributed by atoms with Crippen molar-refractivity contribution in [3.8, 4) is 0 Å². The molecule has 1 amide bonds. The number of ether oxygens (including phenoxy) is 2. The van der Waals surface area contributed by atoms with E-state index in [4.69, 9.17) is 9.47 Å². The summed E-state index contributed by atoms with van der Waals surface area (Å²) in [7, 11) is 0. The van der Waals surface area contributed by atoms with E-state index >= 15 is 0 Å². The van der Waals surface area contributed by atoms with Gasteiger partial charge >= 0.3 is 12.1 Å². The highest BCUT2D eigenvalue weighted by molar-refractivity contribution is 6.01. The van der Waals surface area contributed by atoms with Crippen molar-refractivity contribution in [3.63, 3.8) is 0 Å². The number of amides is 1. The Kier molecular flexibility index (Phi) is 5.14. The maximum absolute atomic E-state index is 12.0. The van der Waals surface area contributed by atoms with Gasteiger partial charge < -0.3 is 14.4 Å². The zero-order chi connectivity index (χ0) is 15.5. The van der Waals surface area contributed by atoms with E-state index in [0.717, 1.165) is 0 Å². The Labute approximate surface area is 119 Å². The van der Waals surface area contributed by atoms with Crippen molar-refractivity contribution in [2.24, 2.45) is 11.8 Å². The Morgan fingerprint density at radius 2 is 1.90 bits per heavy atom. The summed E-state index contributed by atoms with van der Waals surface area (Å²) in [6, 6.07) is 0. The van der Waals surface area contributed by atoms with Crippen LogP contribution in [0.3, 0.4) is 0 Å².